The van der Waals surface area contributed by atoms with Crippen molar-refractivity contribution in [2.45, 2.75) is 37.6 Å². The first-order valence-electron chi connectivity index (χ1n) is 8.51. The number of halogens is 1. The first-order valence-corrected chi connectivity index (χ1v) is 10.3. The van der Waals surface area contributed by atoms with E-state index in [1.54, 1.807) is 30.3 Å². The predicted octanol–water partition coefficient (Wildman–Crippen LogP) is 3.62. The molecule has 1 N–H and O–H groups in total. The summed E-state index contributed by atoms with van der Waals surface area (Å²) in [7, 11) is -3.67. The van der Waals surface area contributed by atoms with E-state index < -0.39 is 10.0 Å². The SMILES string of the molecule is CC(C)NC(=O)c1ccc2c(c1)CCCN2S(=O)(=O)c1ccc(Cl)cc1. The molecule has 0 radical (unpaired) electrons. The fraction of sp³-hybridized carbons (Fsp3) is 0.316. The number of nitrogens with zero attached hydrogens (tertiary/aromatic N) is 1. The van der Waals surface area contributed by atoms with Crippen molar-refractivity contribution >= 4 is 33.2 Å². The van der Waals surface area contributed by atoms with Crippen molar-refractivity contribution in [2.24, 2.45) is 0 Å². The van der Waals surface area contributed by atoms with E-state index >= 15 is 0 Å². The molecule has 0 aromatic heterocycles. The second kappa shape index (κ2) is 7.29. The highest BCUT2D eigenvalue weighted by molar-refractivity contribution is 7.92. The lowest BCUT2D eigenvalue weighted by atomic mass is 10.0. The summed E-state index contributed by atoms with van der Waals surface area (Å²) in [5, 5.41) is 3.34. The van der Waals surface area contributed by atoms with Crippen LogP contribution in [0.5, 0.6) is 0 Å². The smallest absolute Gasteiger partial charge is 0.264 e. The highest BCUT2D eigenvalue weighted by Gasteiger charge is 2.29. The van der Waals surface area contributed by atoms with Gasteiger partial charge in [0.05, 0.1) is 10.6 Å². The van der Waals surface area contributed by atoms with Crippen LogP contribution in [-0.2, 0) is 16.4 Å². The molecule has 0 fully saturated rings. The molecular formula is C19H21ClN2O3S. The molecule has 0 bridgehead atoms. The minimum absolute atomic E-state index is 0.0420. The van der Waals surface area contributed by atoms with E-state index in [1.165, 1.54) is 16.4 Å². The van der Waals surface area contributed by atoms with Gasteiger partial charge in [-0.2, -0.15) is 0 Å². The van der Waals surface area contributed by atoms with Gasteiger partial charge in [0, 0.05) is 23.2 Å². The summed E-state index contributed by atoms with van der Waals surface area (Å²) in [5.41, 5.74) is 2.04. The predicted molar refractivity (Wildman–Crippen MR) is 103 cm³/mol. The molecule has 138 valence electrons. The number of anilines is 1. The summed E-state index contributed by atoms with van der Waals surface area (Å²) in [6, 6.07) is 11.4. The molecule has 1 amide bonds. The summed E-state index contributed by atoms with van der Waals surface area (Å²) in [5.74, 6) is -0.152. The Balaban J connectivity index is 1.96. The molecule has 5 nitrogen and oxygen atoms in total. The van der Waals surface area contributed by atoms with Crippen LogP contribution in [0.25, 0.3) is 0 Å². The lowest BCUT2D eigenvalue weighted by molar-refractivity contribution is 0.0943. The third-order valence-electron chi connectivity index (χ3n) is 4.24. The van der Waals surface area contributed by atoms with Gasteiger partial charge in [0.2, 0.25) is 0 Å². The van der Waals surface area contributed by atoms with Crippen LogP contribution in [0.2, 0.25) is 5.02 Å². The number of rotatable bonds is 4. The van der Waals surface area contributed by atoms with Gasteiger partial charge in [0.15, 0.2) is 0 Å². The zero-order valence-electron chi connectivity index (χ0n) is 14.7. The molecule has 0 spiro atoms. The number of aryl methyl sites for hydroxylation is 1. The highest BCUT2D eigenvalue weighted by atomic mass is 35.5. The maximum Gasteiger partial charge on any atom is 0.264 e. The molecule has 2 aromatic carbocycles. The van der Waals surface area contributed by atoms with Gasteiger partial charge in [-0.15, -0.1) is 0 Å². The molecule has 0 aliphatic carbocycles. The minimum atomic E-state index is -3.67. The number of benzene rings is 2. The number of nitrogens with one attached hydrogen (secondary N) is 1. The molecular weight excluding hydrogens is 372 g/mol. The van der Waals surface area contributed by atoms with E-state index in [0.29, 0.717) is 29.2 Å². The molecule has 0 unspecified atom stereocenters. The first-order chi connectivity index (χ1) is 12.3. The van der Waals surface area contributed by atoms with Gasteiger partial charge in [-0.05, 0) is 74.7 Å². The van der Waals surface area contributed by atoms with Crippen LogP contribution in [0.15, 0.2) is 47.4 Å². The zero-order valence-corrected chi connectivity index (χ0v) is 16.3. The van der Waals surface area contributed by atoms with E-state index in [-0.39, 0.29) is 16.8 Å². The lowest BCUT2D eigenvalue weighted by Gasteiger charge is -2.30. The number of carbonyl (C=O) groups excluding carboxylic acids is 1. The second-order valence-corrected chi connectivity index (χ2v) is 8.91. The zero-order chi connectivity index (χ0) is 18.9. The average Bonchev–Trinajstić information content (AvgIpc) is 2.60. The highest BCUT2D eigenvalue weighted by Crippen LogP contribution is 2.33. The topological polar surface area (TPSA) is 66.5 Å². The molecule has 26 heavy (non-hydrogen) atoms. The molecule has 1 aliphatic heterocycles. The van der Waals surface area contributed by atoms with Crippen molar-refractivity contribution in [3.63, 3.8) is 0 Å². The average molecular weight is 393 g/mol. The molecule has 1 aliphatic rings. The van der Waals surface area contributed by atoms with Crippen molar-refractivity contribution in [3.05, 3.63) is 58.6 Å². The van der Waals surface area contributed by atoms with Crippen molar-refractivity contribution < 1.29 is 13.2 Å². The Morgan fingerprint density at radius 2 is 1.85 bits per heavy atom. The van der Waals surface area contributed by atoms with Crippen LogP contribution in [0, 0.1) is 0 Å². The second-order valence-electron chi connectivity index (χ2n) is 6.61. The number of carbonyl (C=O) groups is 1. The van der Waals surface area contributed by atoms with Gasteiger partial charge in [-0.3, -0.25) is 9.10 Å². The van der Waals surface area contributed by atoms with Gasteiger partial charge in [-0.25, -0.2) is 8.42 Å². The number of amides is 1. The molecule has 3 rings (SSSR count). The Labute approximate surface area is 159 Å². The summed E-state index contributed by atoms with van der Waals surface area (Å²) >= 11 is 5.87. The summed E-state index contributed by atoms with van der Waals surface area (Å²) in [4.78, 5) is 12.4. The maximum atomic E-state index is 13.0. The van der Waals surface area contributed by atoms with Crippen LogP contribution in [0.4, 0.5) is 5.69 Å². The Morgan fingerprint density at radius 3 is 2.50 bits per heavy atom. The van der Waals surface area contributed by atoms with Crippen molar-refractivity contribution in [1.82, 2.24) is 5.32 Å². The standard InChI is InChI=1S/C19H21ClN2O3S/c1-13(2)21-19(23)15-5-10-18-14(12-15)4-3-11-22(18)26(24,25)17-8-6-16(20)7-9-17/h5-10,12-13H,3-4,11H2,1-2H3,(H,21,23). The molecule has 1 heterocycles. The van der Waals surface area contributed by atoms with Crippen molar-refractivity contribution in [2.75, 3.05) is 10.8 Å². The van der Waals surface area contributed by atoms with Crippen LogP contribution >= 0.6 is 11.6 Å². The summed E-state index contributed by atoms with van der Waals surface area (Å²) in [6.07, 6.45) is 1.44. The van der Waals surface area contributed by atoms with Crippen LogP contribution in [0.3, 0.4) is 0 Å². The number of hydrogen-bond acceptors (Lipinski definition) is 3. The Morgan fingerprint density at radius 1 is 1.15 bits per heavy atom. The van der Waals surface area contributed by atoms with E-state index in [1.807, 2.05) is 13.8 Å². The monoisotopic (exact) mass is 392 g/mol. The Hall–Kier alpha value is -2.05. The van der Waals surface area contributed by atoms with Crippen molar-refractivity contribution in [3.8, 4) is 0 Å². The third kappa shape index (κ3) is 3.71. The fourth-order valence-electron chi connectivity index (χ4n) is 3.03. The van der Waals surface area contributed by atoms with E-state index in [9.17, 15) is 13.2 Å². The van der Waals surface area contributed by atoms with Gasteiger partial charge in [0.1, 0.15) is 0 Å². The number of fused-ring (bicyclic) bond motifs is 1. The van der Waals surface area contributed by atoms with Gasteiger partial charge >= 0.3 is 0 Å². The first kappa shape index (κ1) is 18.7. The Kier molecular flexibility index (Phi) is 5.25. The van der Waals surface area contributed by atoms with Crippen LogP contribution in [0.1, 0.15) is 36.2 Å². The largest absolute Gasteiger partial charge is 0.350 e. The molecule has 0 saturated carbocycles. The van der Waals surface area contributed by atoms with E-state index in [4.69, 9.17) is 11.6 Å². The fourth-order valence-corrected chi connectivity index (χ4v) is 4.70. The van der Waals surface area contributed by atoms with E-state index in [0.717, 1.165) is 12.0 Å². The molecule has 2 aromatic rings. The number of hydrogen-bond donors (Lipinski definition) is 1. The van der Waals surface area contributed by atoms with E-state index in [2.05, 4.69) is 5.32 Å². The van der Waals surface area contributed by atoms with Gasteiger partial charge in [-0.1, -0.05) is 11.6 Å². The van der Waals surface area contributed by atoms with Crippen molar-refractivity contribution in [1.29, 1.82) is 0 Å². The quantitative estimate of drug-likeness (QED) is 0.864. The Bertz CT molecular complexity index is 924. The molecule has 0 saturated heterocycles. The number of sulfonamides is 1. The summed E-state index contributed by atoms with van der Waals surface area (Å²) in [6.45, 7) is 4.21. The van der Waals surface area contributed by atoms with Crippen LogP contribution in [-0.4, -0.2) is 26.9 Å². The minimum Gasteiger partial charge on any atom is -0.350 e. The van der Waals surface area contributed by atoms with Crippen LogP contribution < -0.4 is 9.62 Å². The van der Waals surface area contributed by atoms with Gasteiger partial charge < -0.3 is 5.32 Å². The molecule has 7 heteroatoms. The van der Waals surface area contributed by atoms with Gasteiger partial charge in [0.25, 0.3) is 15.9 Å². The molecule has 0 atom stereocenters. The lowest BCUT2D eigenvalue weighted by Crippen LogP contribution is -2.36. The third-order valence-corrected chi connectivity index (χ3v) is 6.32. The normalized spacial score (nSPS) is 14.2. The maximum absolute atomic E-state index is 13.0. The summed E-state index contributed by atoms with van der Waals surface area (Å²) < 4.78 is 27.5.